The highest BCUT2D eigenvalue weighted by molar-refractivity contribution is 5.77. The average molecular weight is 252 g/mol. The first-order chi connectivity index (χ1) is 8.48. The largest absolute Gasteiger partial charge is 0.384 e. The molecular weight excluding hydrogens is 228 g/mol. The zero-order chi connectivity index (χ0) is 13.6. The summed E-state index contributed by atoms with van der Waals surface area (Å²) in [6.07, 6.45) is 3.48. The Morgan fingerprint density at radius 3 is 2.78 bits per heavy atom. The fourth-order valence-corrected chi connectivity index (χ4v) is 2.35. The van der Waals surface area contributed by atoms with Gasteiger partial charge >= 0.3 is 0 Å². The van der Waals surface area contributed by atoms with Crippen LogP contribution < -0.4 is 0 Å². The predicted octanol–water partition coefficient (Wildman–Crippen LogP) is 2.20. The van der Waals surface area contributed by atoms with E-state index in [9.17, 15) is 4.79 Å². The SMILES string of the molecule is COC[C@H]1CCCN(C(=O)CC(C)(C)C#N)CC1. The number of carbonyl (C=O) groups excluding carboxylic acids is 1. The standard InChI is InChI=1S/C14H24N2O2/c1-14(2,11-15)9-13(17)16-7-4-5-12(6-8-16)10-18-3/h12H,4-10H2,1-3H3/t12-/m0/s1. The summed E-state index contributed by atoms with van der Waals surface area (Å²) in [4.78, 5) is 14.0. The molecule has 4 heteroatoms. The zero-order valence-electron chi connectivity index (χ0n) is 11.7. The van der Waals surface area contributed by atoms with Crippen LogP contribution in [-0.4, -0.2) is 37.6 Å². The lowest BCUT2D eigenvalue weighted by atomic mass is 9.91. The van der Waals surface area contributed by atoms with Crippen molar-refractivity contribution >= 4 is 5.91 Å². The minimum atomic E-state index is -0.560. The predicted molar refractivity (Wildman–Crippen MR) is 69.8 cm³/mol. The molecule has 1 aliphatic rings. The molecule has 1 heterocycles. The van der Waals surface area contributed by atoms with Gasteiger partial charge < -0.3 is 9.64 Å². The summed E-state index contributed by atoms with van der Waals surface area (Å²) in [5, 5.41) is 8.97. The first-order valence-corrected chi connectivity index (χ1v) is 6.66. The number of nitrogens with zero attached hydrogens (tertiary/aromatic N) is 2. The molecule has 0 radical (unpaired) electrons. The van der Waals surface area contributed by atoms with Crippen LogP contribution in [0.4, 0.5) is 0 Å². The molecule has 0 aromatic rings. The maximum Gasteiger partial charge on any atom is 0.224 e. The molecule has 4 nitrogen and oxygen atoms in total. The van der Waals surface area contributed by atoms with Gasteiger partial charge in [0.2, 0.25) is 5.91 Å². The molecule has 1 saturated heterocycles. The molecule has 0 aromatic heterocycles. The third-order valence-corrected chi connectivity index (χ3v) is 3.50. The van der Waals surface area contributed by atoms with Gasteiger partial charge in [0.05, 0.1) is 11.5 Å². The van der Waals surface area contributed by atoms with Crippen LogP contribution in [0.2, 0.25) is 0 Å². The van der Waals surface area contributed by atoms with Crippen molar-refractivity contribution in [3.8, 4) is 6.07 Å². The van der Waals surface area contributed by atoms with Crippen LogP contribution in [0, 0.1) is 22.7 Å². The molecule has 0 N–H and O–H groups in total. The molecule has 18 heavy (non-hydrogen) atoms. The van der Waals surface area contributed by atoms with Crippen molar-refractivity contribution in [1.29, 1.82) is 5.26 Å². The summed E-state index contributed by atoms with van der Waals surface area (Å²) in [7, 11) is 1.73. The quantitative estimate of drug-likeness (QED) is 0.770. The topological polar surface area (TPSA) is 53.3 Å². The lowest BCUT2D eigenvalue weighted by Crippen LogP contribution is -2.34. The van der Waals surface area contributed by atoms with Crippen molar-refractivity contribution in [3.05, 3.63) is 0 Å². The minimum Gasteiger partial charge on any atom is -0.384 e. The van der Waals surface area contributed by atoms with Crippen LogP contribution in [0.3, 0.4) is 0 Å². The summed E-state index contributed by atoms with van der Waals surface area (Å²) in [6, 6.07) is 2.19. The number of hydrogen-bond acceptors (Lipinski definition) is 3. The Morgan fingerprint density at radius 1 is 1.44 bits per heavy atom. The summed E-state index contributed by atoms with van der Waals surface area (Å²) in [6.45, 7) is 6.04. The number of hydrogen-bond donors (Lipinski definition) is 0. The van der Waals surface area contributed by atoms with Crippen molar-refractivity contribution in [2.75, 3.05) is 26.8 Å². The van der Waals surface area contributed by atoms with E-state index >= 15 is 0 Å². The Morgan fingerprint density at radius 2 is 2.17 bits per heavy atom. The number of ether oxygens (including phenoxy) is 1. The molecule has 0 aliphatic carbocycles. The lowest BCUT2D eigenvalue weighted by Gasteiger charge is -2.24. The summed E-state index contributed by atoms with van der Waals surface area (Å²) >= 11 is 0. The van der Waals surface area contributed by atoms with E-state index in [-0.39, 0.29) is 5.91 Å². The van der Waals surface area contributed by atoms with Gasteiger partial charge in [0, 0.05) is 33.2 Å². The van der Waals surface area contributed by atoms with Crippen molar-refractivity contribution in [2.24, 2.45) is 11.3 Å². The van der Waals surface area contributed by atoms with E-state index in [4.69, 9.17) is 10.00 Å². The fraction of sp³-hybridized carbons (Fsp3) is 0.857. The first-order valence-electron chi connectivity index (χ1n) is 6.66. The highest BCUT2D eigenvalue weighted by atomic mass is 16.5. The van der Waals surface area contributed by atoms with Crippen LogP contribution >= 0.6 is 0 Å². The maximum atomic E-state index is 12.1. The molecule has 1 atom stereocenters. The molecule has 0 spiro atoms. The fourth-order valence-electron chi connectivity index (χ4n) is 2.35. The van der Waals surface area contributed by atoms with Crippen molar-refractivity contribution in [1.82, 2.24) is 4.90 Å². The van der Waals surface area contributed by atoms with Crippen LogP contribution in [0.15, 0.2) is 0 Å². The van der Waals surface area contributed by atoms with E-state index < -0.39 is 5.41 Å². The van der Waals surface area contributed by atoms with Gasteiger partial charge in [-0.3, -0.25) is 4.79 Å². The van der Waals surface area contributed by atoms with Crippen molar-refractivity contribution in [3.63, 3.8) is 0 Å². The third kappa shape index (κ3) is 4.66. The van der Waals surface area contributed by atoms with Crippen LogP contribution in [0.5, 0.6) is 0 Å². The zero-order valence-corrected chi connectivity index (χ0v) is 11.7. The van der Waals surface area contributed by atoms with Gasteiger partial charge in [-0.1, -0.05) is 0 Å². The molecule has 0 saturated carbocycles. The number of methoxy groups -OCH3 is 1. The number of rotatable bonds is 4. The molecule has 1 aliphatic heterocycles. The van der Waals surface area contributed by atoms with Gasteiger partial charge in [-0.25, -0.2) is 0 Å². The van der Waals surface area contributed by atoms with E-state index in [1.807, 2.05) is 18.7 Å². The number of carbonyl (C=O) groups is 1. The average Bonchev–Trinajstić information content (AvgIpc) is 2.55. The van der Waals surface area contributed by atoms with E-state index in [1.165, 1.54) is 0 Å². The normalized spacial score (nSPS) is 21.2. The molecule has 0 unspecified atom stereocenters. The molecule has 1 fully saturated rings. The van der Waals surface area contributed by atoms with E-state index in [1.54, 1.807) is 7.11 Å². The molecular formula is C14H24N2O2. The van der Waals surface area contributed by atoms with Gasteiger partial charge in [-0.05, 0) is 39.0 Å². The molecule has 1 amide bonds. The Kier molecular flexibility index (Phi) is 5.61. The van der Waals surface area contributed by atoms with Crippen LogP contribution in [0.25, 0.3) is 0 Å². The molecule has 0 bridgehead atoms. The Balaban J connectivity index is 2.48. The Hall–Kier alpha value is -1.08. The van der Waals surface area contributed by atoms with Gasteiger partial charge in [0.25, 0.3) is 0 Å². The molecule has 1 rings (SSSR count). The van der Waals surface area contributed by atoms with Crippen LogP contribution in [-0.2, 0) is 9.53 Å². The van der Waals surface area contributed by atoms with Crippen molar-refractivity contribution in [2.45, 2.75) is 39.5 Å². The van der Waals surface area contributed by atoms with Gasteiger partial charge in [-0.2, -0.15) is 5.26 Å². The lowest BCUT2D eigenvalue weighted by molar-refractivity contribution is -0.132. The Bertz CT molecular complexity index is 320. The van der Waals surface area contributed by atoms with Gasteiger partial charge in [0.15, 0.2) is 0 Å². The number of nitriles is 1. The van der Waals surface area contributed by atoms with Crippen molar-refractivity contribution < 1.29 is 9.53 Å². The molecule has 102 valence electrons. The van der Waals surface area contributed by atoms with Gasteiger partial charge in [0.1, 0.15) is 0 Å². The number of amides is 1. The smallest absolute Gasteiger partial charge is 0.224 e. The van der Waals surface area contributed by atoms with E-state index in [0.717, 1.165) is 39.0 Å². The maximum absolute atomic E-state index is 12.1. The second kappa shape index (κ2) is 6.75. The highest BCUT2D eigenvalue weighted by Crippen LogP contribution is 2.23. The summed E-state index contributed by atoms with van der Waals surface area (Å²) in [5.74, 6) is 0.677. The van der Waals surface area contributed by atoms with Gasteiger partial charge in [-0.15, -0.1) is 0 Å². The van der Waals surface area contributed by atoms with E-state index in [2.05, 4.69) is 6.07 Å². The monoisotopic (exact) mass is 252 g/mol. The first kappa shape index (κ1) is 15.0. The van der Waals surface area contributed by atoms with E-state index in [0.29, 0.717) is 12.3 Å². The third-order valence-electron chi connectivity index (χ3n) is 3.50. The van der Waals surface area contributed by atoms with Crippen LogP contribution in [0.1, 0.15) is 39.5 Å². The highest BCUT2D eigenvalue weighted by Gasteiger charge is 2.26. The summed E-state index contributed by atoms with van der Waals surface area (Å²) in [5.41, 5.74) is -0.560. The second-order valence-corrected chi connectivity index (χ2v) is 5.81. The number of likely N-dealkylation sites (tertiary alicyclic amines) is 1. The molecule has 0 aromatic carbocycles. The summed E-state index contributed by atoms with van der Waals surface area (Å²) < 4.78 is 5.18. The minimum absolute atomic E-state index is 0.111. The Labute approximate surface area is 110 Å². The second-order valence-electron chi connectivity index (χ2n) is 5.81.